The van der Waals surface area contributed by atoms with Crippen LogP contribution in [0.2, 0.25) is 0 Å². The van der Waals surface area contributed by atoms with Crippen LogP contribution in [-0.4, -0.2) is 43.1 Å². The molecule has 1 aromatic heterocycles. The number of aromatic amines is 1. The van der Waals surface area contributed by atoms with Crippen LogP contribution < -0.4 is 25.2 Å². The van der Waals surface area contributed by atoms with Crippen LogP contribution in [0.25, 0.3) is 0 Å². The number of rotatable bonds is 4. The van der Waals surface area contributed by atoms with E-state index in [1.54, 1.807) is 14.2 Å². The summed E-state index contributed by atoms with van der Waals surface area (Å²) < 4.78 is 11.1. The summed E-state index contributed by atoms with van der Waals surface area (Å²) in [6.45, 7) is 1.75. The van der Waals surface area contributed by atoms with Crippen molar-refractivity contribution >= 4 is 17.5 Å². The van der Waals surface area contributed by atoms with E-state index >= 15 is 0 Å². The molecule has 1 aliphatic carbocycles. The third kappa shape index (κ3) is 3.43. The first kappa shape index (κ1) is 20.6. The van der Waals surface area contributed by atoms with Crippen molar-refractivity contribution in [3.8, 4) is 11.5 Å². The maximum Gasteiger partial charge on any atom is 0.258 e. The van der Waals surface area contributed by atoms with Crippen molar-refractivity contribution in [3.05, 3.63) is 50.9 Å². The number of piperidine rings is 1. The van der Waals surface area contributed by atoms with Crippen LogP contribution in [0.1, 0.15) is 55.6 Å². The quantitative estimate of drug-likeness (QED) is 0.759. The molecule has 3 aliphatic rings. The van der Waals surface area contributed by atoms with Crippen LogP contribution >= 0.6 is 0 Å². The molecule has 5 rings (SSSR count). The van der Waals surface area contributed by atoms with Crippen LogP contribution in [0.15, 0.2) is 34.3 Å². The average Bonchev–Trinajstić information content (AvgIpc) is 2.83. The number of nitrogens with one attached hydrogen (secondary N) is 2. The van der Waals surface area contributed by atoms with Crippen LogP contribution in [0.4, 0.5) is 11.8 Å². The molecule has 0 amide bonds. The molecular formula is C24H28N4O4. The Morgan fingerprint density at radius 2 is 1.84 bits per heavy atom. The Hall–Kier alpha value is -3.29. The molecule has 1 aromatic carbocycles. The zero-order chi connectivity index (χ0) is 22.2. The number of benzene rings is 1. The number of carbonyl (C=O) groups is 1. The van der Waals surface area contributed by atoms with E-state index in [2.05, 4.69) is 15.2 Å². The van der Waals surface area contributed by atoms with Crippen molar-refractivity contribution in [3.63, 3.8) is 0 Å². The van der Waals surface area contributed by atoms with Crippen LogP contribution in [0.3, 0.4) is 0 Å². The number of ether oxygens (including phenoxy) is 2. The van der Waals surface area contributed by atoms with Gasteiger partial charge in [0, 0.05) is 36.3 Å². The van der Waals surface area contributed by atoms with Gasteiger partial charge in [0.15, 0.2) is 5.78 Å². The maximum absolute atomic E-state index is 13.5. The monoisotopic (exact) mass is 436 g/mol. The molecule has 0 radical (unpaired) electrons. The number of nitrogens with zero attached hydrogens (tertiary/aromatic N) is 2. The van der Waals surface area contributed by atoms with Crippen molar-refractivity contribution in [1.82, 2.24) is 9.97 Å². The summed E-state index contributed by atoms with van der Waals surface area (Å²) in [7, 11) is 3.19. The summed E-state index contributed by atoms with van der Waals surface area (Å²) in [6, 6.07) is 5.47. The molecule has 0 saturated carbocycles. The molecule has 1 saturated heterocycles. The van der Waals surface area contributed by atoms with Gasteiger partial charge in [0.25, 0.3) is 5.56 Å². The van der Waals surface area contributed by atoms with E-state index < -0.39 is 5.92 Å². The lowest BCUT2D eigenvalue weighted by Crippen LogP contribution is -2.36. The van der Waals surface area contributed by atoms with Gasteiger partial charge >= 0.3 is 0 Å². The molecule has 0 bridgehead atoms. The predicted octanol–water partition coefficient (Wildman–Crippen LogP) is 3.34. The molecule has 8 heteroatoms. The van der Waals surface area contributed by atoms with Gasteiger partial charge in [-0.2, -0.15) is 4.98 Å². The van der Waals surface area contributed by atoms with Gasteiger partial charge in [0.1, 0.15) is 17.3 Å². The number of fused-ring (bicyclic) bond motifs is 1. The molecule has 3 heterocycles. The lowest BCUT2D eigenvalue weighted by Gasteiger charge is -2.34. The predicted molar refractivity (Wildman–Crippen MR) is 122 cm³/mol. The van der Waals surface area contributed by atoms with E-state index in [-0.39, 0.29) is 11.3 Å². The molecule has 1 unspecified atom stereocenters. The van der Waals surface area contributed by atoms with Gasteiger partial charge in [-0.15, -0.1) is 0 Å². The number of allylic oxidation sites excluding steroid dienone is 2. The smallest absolute Gasteiger partial charge is 0.258 e. The normalized spacial score (nSPS) is 20.4. The Bertz CT molecular complexity index is 1150. The van der Waals surface area contributed by atoms with Crippen molar-refractivity contribution in [2.45, 2.75) is 44.4 Å². The summed E-state index contributed by atoms with van der Waals surface area (Å²) in [6.07, 6.45) is 5.36. The molecule has 8 nitrogen and oxygen atoms in total. The topological polar surface area (TPSA) is 96.6 Å². The molecule has 0 spiro atoms. The Morgan fingerprint density at radius 3 is 2.59 bits per heavy atom. The standard InChI is InChI=1S/C24H28N4O4/c1-31-14-9-10-18(32-2)15(13-14)19-20-16(7-6-8-17(20)29)25-22-21(19)23(30)27-24(26-22)28-11-4-3-5-12-28/h9-10,13,19H,3-8,11-12H2,1-2H3,(H2,25,26,27,30). The second kappa shape index (κ2) is 8.33. The number of Topliss-reactive ketones (excluding diaryl/α,β-unsaturated/α-hetero) is 1. The van der Waals surface area contributed by atoms with Crippen LogP contribution in [-0.2, 0) is 4.79 Å². The van der Waals surface area contributed by atoms with E-state index in [4.69, 9.17) is 14.5 Å². The number of carbonyl (C=O) groups excluding carboxylic acids is 1. The van der Waals surface area contributed by atoms with Crippen molar-refractivity contribution in [1.29, 1.82) is 0 Å². The summed E-state index contributed by atoms with van der Waals surface area (Å²) in [5.41, 5.74) is 2.43. The van der Waals surface area contributed by atoms with Crippen LogP contribution in [0, 0.1) is 0 Å². The minimum atomic E-state index is -0.564. The Kier molecular flexibility index (Phi) is 5.36. The number of aromatic nitrogens is 2. The van der Waals surface area contributed by atoms with Gasteiger partial charge in [-0.1, -0.05) is 0 Å². The number of hydrogen-bond acceptors (Lipinski definition) is 7. The number of H-pyrrole nitrogens is 1. The maximum atomic E-state index is 13.5. The van der Waals surface area contributed by atoms with E-state index in [1.807, 2.05) is 18.2 Å². The number of ketones is 1. The summed E-state index contributed by atoms with van der Waals surface area (Å²) in [5, 5.41) is 3.34. The molecule has 1 atom stereocenters. The van der Waals surface area contributed by atoms with E-state index in [0.29, 0.717) is 40.8 Å². The molecule has 2 aromatic rings. The molecule has 2 aliphatic heterocycles. The lowest BCUT2D eigenvalue weighted by molar-refractivity contribution is -0.116. The van der Waals surface area contributed by atoms with Gasteiger partial charge in [-0.25, -0.2) is 0 Å². The fourth-order valence-corrected chi connectivity index (χ4v) is 5.08. The van der Waals surface area contributed by atoms with Crippen molar-refractivity contribution in [2.75, 3.05) is 37.5 Å². The number of hydrogen-bond donors (Lipinski definition) is 2. The molecule has 32 heavy (non-hydrogen) atoms. The third-order valence-electron chi connectivity index (χ3n) is 6.65. The minimum absolute atomic E-state index is 0.0544. The van der Waals surface area contributed by atoms with Crippen molar-refractivity contribution in [2.24, 2.45) is 0 Å². The summed E-state index contributed by atoms with van der Waals surface area (Å²) >= 11 is 0. The van der Waals surface area contributed by atoms with E-state index in [1.165, 1.54) is 6.42 Å². The van der Waals surface area contributed by atoms with Gasteiger partial charge < -0.3 is 19.7 Å². The third-order valence-corrected chi connectivity index (χ3v) is 6.65. The fourth-order valence-electron chi connectivity index (χ4n) is 5.08. The van der Waals surface area contributed by atoms with E-state index in [0.717, 1.165) is 50.0 Å². The highest BCUT2D eigenvalue weighted by Crippen LogP contribution is 2.46. The highest BCUT2D eigenvalue weighted by atomic mass is 16.5. The minimum Gasteiger partial charge on any atom is -0.497 e. The molecule has 168 valence electrons. The van der Waals surface area contributed by atoms with Gasteiger partial charge in [-0.3, -0.25) is 14.6 Å². The Morgan fingerprint density at radius 1 is 1.03 bits per heavy atom. The second-order valence-electron chi connectivity index (χ2n) is 8.53. The highest BCUT2D eigenvalue weighted by Gasteiger charge is 2.39. The van der Waals surface area contributed by atoms with Gasteiger partial charge in [-0.05, 0) is 50.3 Å². The lowest BCUT2D eigenvalue weighted by atomic mass is 9.76. The Balaban J connectivity index is 1.71. The SMILES string of the molecule is COc1ccc(OC)c(C2C3=C(CCCC3=O)Nc3nc(N4CCCCC4)[nH]c(=O)c32)c1. The fraction of sp³-hybridized carbons (Fsp3) is 0.458. The van der Waals surface area contributed by atoms with E-state index in [9.17, 15) is 9.59 Å². The first-order chi connectivity index (χ1) is 15.6. The number of methoxy groups -OCH3 is 2. The zero-order valence-corrected chi connectivity index (χ0v) is 18.5. The molecular weight excluding hydrogens is 408 g/mol. The van der Waals surface area contributed by atoms with Gasteiger partial charge in [0.05, 0.1) is 25.7 Å². The molecule has 1 fully saturated rings. The van der Waals surface area contributed by atoms with Crippen LogP contribution in [0.5, 0.6) is 11.5 Å². The molecule has 2 N–H and O–H groups in total. The summed E-state index contributed by atoms with van der Waals surface area (Å²) in [4.78, 5) is 36.5. The average molecular weight is 437 g/mol. The van der Waals surface area contributed by atoms with Gasteiger partial charge in [0.2, 0.25) is 5.95 Å². The summed E-state index contributed by atoms with van der Waals surface area (Å²) in [5.74, 6) is 1.85. The number of anilines is 2. The largest absolute Gasteiger partial charge is 0.497 e. The Labute approximate surface area is 186 Å². The van der Waals surface area contributed by atoms with Crippen molar-refractivity contribution < 1.29 is 14.3 Å². The highest BCUT2D eigenvalue weighted by molar-refractivity contribution is 6.01. The first-order valence-corrected chi connectivity index (χ1v) is 11.2. The zero-order valence-electron chi connectivity index (χ0n) is 18.5. The first-order valence-electron chi connectivity index (χ1n) is 11.2. The second-order valence-corrected chi connectivity index (χ2v) is 8.53.